The molecule has 0 spiro atoms. The first-order valence-electron chi connectivity index (χ1n) is 11.2. The van der Waals surface area contributed by atoms with Crippen LogP contribution in [0.2, 0.25) is 0 Å². The van der Waals surface area contributed by atoms with Gasteiger partial charge in [0.15, 0.2) is 0 Å². The molecule has 2 aromatic rings. The summed E-state index contributed by atoms with van der Waals surface area (Å²) >= 11 is 0. The van der Waals surface area contributed by atoms with Crippen molar-refractivity contribution in [2.75, 3.05) is 19.6 Å². The molecule has 2 saturated heterocycles. The Balaban J connectivity index is 1.48. The summed E-state index contributed by atoms with van der Waals surface area (Å²) in [6.07, 6.45) is 4.51. The summed E-state index contributed by atoms with van der Waals surface area (Å²) < 4.78 is 6.23. The molecular formula is C25H30N4O2. The molecule has 3 atom stereocenters. The number of nitrogens with two attached hydrogens (primary N) is 1. The van der Waals surface area contributed by atoms with E-state index in [1.807, 2.05) is 23.1 Å². The van der Waals surface area contributed by atoms with Crippen molar-refractivity contribution in [3.63, 3.8) is 0 Å². The predicted molar refractivity (Wildman–Crippen MR) is 120 cm³/mol. The second-order valence-electron chi connectivity index (χ2n) is 8.43. The SMILES string of the molecule is N#C[C@H](Cc1ccc(-c2ccccc2O[C@@H]2CCNC2)cc1)N1CCCCC1C(N)=O. The summed E-state index contributed by atoms with van der Waals surface area (Å²) in [6.45, 7) is 2.62. The molecule has 4 rings (SSSR count). The number of benzene rings is 2. The van der Waals surface area contributed by atoms with Crippen LogP contribution < -0.4 is 15.8 Å². The quantitative estimate of drug-likeness (QED) is 0.721. The van der Waals surface area contributed by atoms with Crippen LogP contribution in [0.3, 0.4) is 0 Å². The predicted octanol–water partition coefficient (Wildman–Crippen LogP) is 2.87. The summed E-state index contributed by atoms with van der Waals surface area (Å²) in [7, 11) is 0. The second kappa shape index (κ2) is 9.95. The van der Waals surface area contributed by atoms with Crippen molar-refractivity contribution in [3.05, 3.63) is 54.1 Å². The Morgan fingerprint density at radius 2 is 2.00 bits per heavy atom. The number of nitrogens with one attached hydrogen (secondary N) is 1. The molecule has 0 bridgehead atoms. The molecule has 3 N–H and O–H groups in total. The van der Waals surface area contributed by atoms with E-state index >= 15 is 0 Å². The summed E-state index contributed by atoms with van der Waals surface area (Å²) in [5.74, 6) is 0.570. The maximum absolute atomic E-state index is 11.9. The fourth-order valence-corrected chi connectivity index (χ4v) is 4.63. The van der Waals surface area contributed by atoms with Gasteiger partial charge in [0.1, 0.15) is 17.9 Å². The third-order valence-electron chi connectivity index (χ3n) is 6.31. The number of ether oxygens (including phenoxy) is 1. The molecule has 31 heavy (non-hydrogen) atoms. The van der Waals surface area contributed by atoms with E-state index < -0.39 is 0 Å². The molecule has 0 aromatic heterocycles. The van der Waals surface area contributed by atoms with Gasteiger partial charge in [0.05, 0.1) is 12.1 Å². The molecule has 0 saturated carbocycles. The Labute approximate surface area is 184 Å². The first-order valence-corrected chi connectivity index (χ1v) is 11.2. The number of hydrogen-bond acceptors (Lipinski definition) is 5. The van der Waals surface area contributed by atoms with Crippen molar-refractivity contribution in [2.45, 2.75) is 50.3 Å². The van der Waals surface area contributed by atoms with E-state index in [0.717, 1.165) is 67.8 Å². The average molecular weight is 419 g/mol. The Kier molecular flexibility index (Phi) is 6.86. The lowest BCUT2D eigenvalue weighted by atomic mass is 9.95. The molecule has 2 aliphatic heterocycles. The van der Waals surface area contributed by atoms with Crippen LogP contribution in [-0.2, 0) is 11.2 Å². The summed E-state index contributed by atoms with van der Waals surface area (Å²) in [4.78, 5) is 13.8. The Bertz CT molecular complexity index is 931. The van der Waals surface area contributed by atoms with Crippen LogP contribution >= 0.6 is 0 Å². The van der Waals surface area contributed by atoms with Crippen molar-refractivity contribution in [1.29, 1.82) is 5.26 Å². The number of likely N-dealkylation sites (tertiary alicyclic amines) is 1. The number of rotatable bonds is 7. The monoisotopic (exact) mass is 418 g/mol. The minimum atomic E-state index is -0.353. The highest BCUT2D eigenvalue weighted by atomic mass is 16.5. The van der Waals surface area contributed by atoms with Crippen LogP contribution in [0.4, 0.5) is 0 Å². The highest BCUT2D eigenvalue weighted by Gasteiger charge is 2.32. The van der Waals surface area contributed by atoms with Crippen molar-refractivity contribution in [1.82, 2.24) is 10.2 Å². The molecular weight excluding hydrogens is 388 g/mol. The molecule has 6 nitrogen and oxygen atoms in total. The molecule has 162 valence electrons. The van der Waals surface area contributed by atoms with Crippen molar-refractivity contribution in [2.24, 2.45) is 5.73 Å². The highest BCUT2D eigenvalue weighted by Crippen LogP contribution is 2.31. The van der Waals surface area contributed by atoms with Gasteiger partial charge in [-0.3, -0.25) is 9.69 Å². The molecule has 2 aliphatic rings. The van der Waals surface area contributed by atoms with E-state index in [4.69, 9.17) is 10.5 Å². The maximum atomic E-state index is 11.9. The standard InChI is InChI=1S/C25H30N4O2/c26-16-20(29-14-4-3-6-23(29)25(27)30)15-18-8-10-19(11-9-18)22-5-1-2-7-24(22)31-21-12-13-28-17-21/h1-2,5,7-11,20-21,23,28H,3-4,6,12-15,17H2,(H2,27,30)/t20-,21+,23?/m0/s1. The minimum Gasteiger partial charge on any atom is -0.488 e. The first-order chi connectivity index (χ1) is 15.2. The number of para-hydroxylation sites is 1. The smallest absolute Gasteiger partial charge is 0.234 e. The third-order valence-corrected chi connectivity index (χ3v) is 6.31. The van der Waals surface area contributed by atoms with Gasteiger partial charge in [-0.15, -0.1) is 0 Å². The summed E-state index contributed by atoms with van der Waals surface area (Å²) in [6, 6.07) is 18.1. The van der Waals surface area contributed by atoms with E-state index in [1.54, 1.807) is 0 Å². The number of carbonyl (C=O) groups is 1. The fourth-order valence-electron chi connectivity index (χ4n) is 4.63. The number of piperidine rings is 1. The summed E-state index contributed by atoms with van der Waals surface area (Å²) in [5.41, 5.74) is 8.83. The molecule has 1 amide bonds. The Morgan fingerprint density at radius 3 is 2.71 bits per heavy atom. The number of carbonyl (C=O) groups excluding carboxylic acids is 1. The lowest BCUT2D eigenvalue weighted by molar-refractivity contribution is -0.125. The van der Waals surface area contributed by atoms with Crippen LogP contribution in [0.1, 0.15) is 31.2 Å². The average Bonchev–Trinajstić information content (AvgIpc) is 3.31. The van der Waals surface area contributed by atoms with Gasteiger partial charge in [0, 0.05) is 25.1 Å². The summed E-state index contributed by atoms with van der Waals surface area (Å²) in [5, 5.41) is 13.1. The van der Waals surface area contributed by atoms with Crippen LogP contribution in [0.15, 0.2) is 48.5 Å². The molecule has 2 fully saturated rings. The van der Waals surface area contributed by atoms with Crippen LogP contribution in [0, 0.1) is 11.3 Å². The zero-order valence-electron chi connectivity index (χ0n) is 17.8. The van der Waals surface area contributed by atoms with E-state index in [-0.39, 0.29) is 24.1 Å². The minimum absolute atomic E-state index is 0.208. The maximum Gasteiger partial charge on any atom is 0.234 e. The van der Waals surface area contributed by atoms with Crippen LogP contribution in [0.25, 0.3) is 11.1 Å². The third kappa shape index (κ3) is 5.07. The lowest BCUT2D eigenvalue weighted by Gasteiger charge is -2.36. The second-order valence-corrected chi connectivity index (χ2v) is 8.43. The van der Waals surface area contributed by atoms with Crippen molar-refractivity contribution < 1.29 is 9.53 Å². The Morgan fingerprint density at radius 1 is 1.19 bits per heavy atom. The zero-order chi connectivity index (χ0) is 21.6. The van der Waals surface area contributed by atoms with Crippen molar-refractivity contribution in [3.8, 4) is 22.9 Å². The fraction of sp³-hybridized carbons (Fsp3) is 0.440. The molecule has 0 radical (unpaired) electrons. The van der Waals surface area contributed by atoms with Gasteiger partial charge >= 0.3 is 0 Å². The molecule has 2 aromatic carbocycles. The molecule has 2 heterocycles. The number of primary amides is 1. The normalized spacial score (nSPS) is 22.5. The number of amides is 1. The zero-order valence-corrected chi connectivity index (χ0v) is 17.8. The van der Waals surface area contributed by atoms with Crippen molar-refractivity contribution >= 4 is 5.91 Å². The molecule has 0 aliphatic carbocycles. The van der Waals surface area contributed by atoms with Gasteiger partial charge < -0.3 is 15.8 Å². The number of nitriles is 1. The van der Waals surface area contributed by atoms with Crippen LogP contribution in [-0.4, -0.2) is 48.6 Å². The largest absolute Gasteiger partial charge is 0.488 e. The van der Waals surface area contributed by atoms with Gasteiger partial charge in [-0.1, -0.05) is 48.9 Å². The van der Waals surface area contributed by atoms with E-state index in [1.165, 1.54) is 0 Å². The Hall–Kier alpha value is -2.88. The van der Waals surface area contributed by atoms with Crippen LogP contribution in [0.5, 0.6) is 5.75 Å². The van der Waals surface area contributed by atoms with E-state index in [0.29, 0.717) is 6.42 Å². The van der Waals surface area contributed by atoms with E-state index in [2.05, 4.69) is 41.7 Å². The lowest BCUT2D eigenvalue weighted by Crippen LogP contribution is -2.52. The number of hydrogen-bond donors (Lipinski definition) is 2. The highest BCUT2D eigenvalue weighted by molar-refractivity contribution is 5.80. The topological polar surface area (TPSA) is 91.4 Å². The van der Waals surface area contributed by atoms with Gasteiger partial charge in [0.2, 0.25) is 5.91 Å². The molecule has 1 unspecified atom stereocenters. The van der Waals surface area contributed by atoms with E-state index in [9.17, 15) is 10.1 Å². The molecule has 6 heteroatoms. The number of nitrogens with zero attached hydrogens (tertiary/aromatic N) is 2. The van der Waals surface area contributed by atoms with Gasteiger partial charge in [-0.25, -0.2) is 0 Å². The first kappa shape index (κ1) is 21.4. The van der Waals surface area contributed by atoms with Gasteiger partial charge in [-0.2, -0.15) is 5.26 Å². The van der Waals surface area contributed by atoms with Gasteiger partial charge in [-0.05, 0) is 43.0 Å². The van der Waals surface area contributed by atoms with Gasteiger partial charge in [0.25, 0.3) is 0 Å².